The van der Waals surface area contributed by atoms with Crippen LogP contribution in [-0.4, -0.2) is 30.3 Å². The molecule has 0 fully saturated rings. The van der Waals surface area contributed by atoms with Crippen LogP contribution >= 0.6 is 0 Å². The highest BCUT2D eigenvalue weighted by molar-refractivity contribution is 5.95. The number of hydrogen-bond acceptors (Lipinski definition) is 2. The minimum Gasteiger partial charge on any atom is -0.336 e. The summed E-state index contributed by atoms with van der Waals surface area (Å²) in [6.45, 7) is 5.97. The molecule has 2 rings (SSSR count). The van der Waals surface area contributed by atoms with Crippen molar-refractivity contribution in [2.45, 2.75) is 27.2 Å². The normalized spacial score (nSPS) is 10.3. The number of rotatable bonds is 5. The maximum atomic E-state index is 12.3. The lowest BCUT2D eigenvalue weighted by atomic mass is 10.1. The molecule has 24 heavy (non-hydrogen) atoms. The molecule has 0 aromatic heterocycles. The van der Waals surface area contributed by atoms with Gasteiger partial charge in [0.2, 0.25) is 11.8 Å². The van der Waals surface area contributed by atoms with Crippen molar-refractivity contribution in [1.82, 2.24) is 4.90 Å². The summed E-state index contributed by atoms with van der Waals surface area (Å²) in [6.07, 6.45) is 0.299. The first-order chi connectivity index (χ1) is 11.3. The molecule has 0 saturated heterocycles. The zero-order valence-corrected chi connectivity index (χ0v) is 14.7. The Morgan fingerprint density at radius 3 is 2.25 bits per heavy atom. The Hall–Kier alpha value is -2.62. The molecular formula is C20H24N2O2. The fourth-order valence-electron chi connectivity index (χ4n) is 2.38. The lowest BCUT2D eigenvalue weighted by Gasteiger charge is -2.17. The Bertz CT molecular complexity index is 736. The van der Waals surface area contributed by atoms with E-state index >= 15 is 0 Å². The van der Waals surface area contributed by atoms with E-state index in [-0.39, 0.29) is 18.4 Å². The van der Waals surface area contributed by atoms with Gasteiger partial charge in [-0.05, 0) is 43.5 Å². The molecular weight excluding hydrogens is 300 g/mol. The van der Waals surface area contributed by atoms with E-state index in [1.807, 2.05) is 63.2 Å². The van der Waals surface area contributed by atoms with E-state index in [4.69, 9.17) is 0 Å². The van der Waals surface area contributed by atoms with Gasteiger partial charge in [-0.25, -0.2) is 0 Å². The van der Waals surface area contributed by atoms with Gasteiger partial charge < -0.3 is 10.2 Å². The number of likely N-dealkylation sites (N-methyl/N-ethyl adjacent to an activating group) is 1. The Morgan fingerprint density at radius 2 is 1.58 bits per heavy atom. The van der Waals surface area contributed by atoms with Crippen LogP contribution in [0, 0.1) is 20.8 Å². The monoisotopic (exact) mass is 324 g/mol. The lowest BCUT2D eigenvalue weighted by molar-refractivity contribution is -0.132. The van der Waals surface area contributed by atoms with Gasteiger partial charge in [0.05, 0.1) is 13.0 Å². The first-order valence-corrected chi connectivity index (χ1v) is 8.02. The van der Waals surface area contributed by atoms with Crippen LogP contribution in [0.15, 0.2) is 42.5 Å². The number of carbonyl (C=O) groups is 2. The summed E-state index contributed by atoms with van der Waals surface area (Å²) in [5, 5.41) is 2.88. The Balaban J connectivity index is 1.91. The van der Waals surface area contributed by atoms with Gasteiger partial charge in [0.25, 0.3) is 0 Å². The number of hydrogen-bond donors (Lipinski definition) is 1. The largest absolute Gasteiger partial charge is 0.336 e. The van der Waals surface area contributed by atoms with Crippen LogP contribution < -0.4 is 5.32 Å². The Labute approximate surface area is 143 Å². The third kappa shape index (κ3) is 4.95. The zero-order valence-electron chi connectivity index (χ0n) is 14.7. The summed E-state index contributed by atoms with van der Waals surface area (Å²) in [5.41, 5.74) is 4.99. The topological polar surface area (TPSA) is 49.4 Å². The third-order valence-corrected chi connectivity index (χ3v) is 3.95. The Morgan fingerprint density at radius 1 is 0.958 bits per heavy atom. The van der Waals surface area contributed by atoms with E-state index < -0.39 is 0 Å². The molecule has 0 aliphatic rings. The van der Waals surface area contributed by atoms with E-state index in [9.17, 15) is 9.59 Å². The quantitative estimate of drug-likeness (QED) is 0.918. The molecule has 1 N–H and O–H groups in total. The van der Waals surface area contributed by atoms with E-state index in [1.54, 1.807) is 7.05 Å². The predicted molar refractivity (Wildman–Crippen MR) is 97.1 cm³/mol. The molecule has 2 aromatic rings. The number of nitrogens with zero attached hydrogens (tertiary/aromatic N) is 1. The molecule has 2 amide bonds. The van der Waals surface area contributed by atoms with Gasteiger partial charge >= 0.3 is 0 Å². The SMILES string of the molecule is Cc1ccc(CC(=O)N(C)CC(=O)Nc2cc(C)ccc2C)cc1. The number of benzene rings is 2. The number of amides is 2. The van der Waals surface area contributed by atoms with Crippen molar-refractivity contribution >= 4 is 17.5 Å². The molecule has 0 heterocycles. The van der Waals surface area contributed by atoms with Crippen molar-refractivity contribution in [2.24, 2.45) is 0 Å². The van der Waals surface area contributed by atoms with Gasteiger partial charge in [0.15, 0.2) is 0 Å². The van der Waals surface area contributed by atoms with Crippen molar-refractivity contribution in [3.05, 3.63) is 64.7 Å². The zero-order chi connectivity index (χ0) is 17.7. The summed E-state index contributed by atoms with van der Waals surface area (Å²) in [5.74, 6) is -0.265. The van der Waals surface area contributed by atoms with Crippen molar-refractivity contribution in [3.63, 3.8) is 0 Å². The number of nitrogens with one attached hydrogen (secondary N) is 1. The standard InChI is InChI=1S/C20H24N2O2/c1-14-6-9-17(10-7-14)12-20(24)22(4)13-19(23)21-18-11-15(2)5-8-16(18)3/h5-11H,12-13H2,1-4H3,(H,21,23). The fraction of sp³-hybridized carbons (Fsp3) is 0.300. The molecule has 0 radical (unpaired) electrons. The van der Waals surface area contributed by atoms with Gasteiger partial charge in [-0.1, -0.05) is 42.0 Å². The first-order valence-electron chi connectivity index (χ1n) is 8.02. The lowest BCUT2D eigenvalue weighted by Crippen LogP contribution is -2.35. The second-order valence-corrected chi connectivity index (χ2v) is 6.28. The second-order valence-electron chi connectivity index (χ2n) is 6.28. The molecule has 0 atom stereocenters. The van der Waals surface area contributed by atoms with E-state index in [2.05, 4.69) is 5.32 Å². The smallest absolute Gasteiger partial charge is 0.243 e. The Kier molecular flexibility index (Phi) is 5.74. The number of anilines is 1. The van der Waals surface area contributed by atoms with Gasteiger partial charge in [-0.3, -0.25) is 9.59 Å². The van der Waals surface area contributed by atoms with E-state index in [1.165, 1.54) is 4.90 Å². The van der Waals surface area contributed by atoms with E-state index in [0.29, 0.717) is 6.42 Å². The molecule has 4 heteroatoms. The first kappa shape index (κ1) is 17.7. The minimum atomic E-state index is -0.191. The fourth-order valence-corrected chi connectivity index (χ4v) is 2.38. The summed E-state index contributed by atoms with van der Waals surface area (Å²) in [7, 11) is 1.65. The third-order valence-electron chi connectivity index (χ3n) is 3.95. The van der Waals surface area contributed by atoms with Crippen molar-refractivity contribution in [1.29, 1.82) is 0 Å². The van der Waals surface area contributed by atoms with Crippen molar-refractivity contribution in [2.75, 3.05) is 18.9 Å². The number of aryl methyl sites for hydroxylation is 3. The molecule has 0 spiro atoms. The molecule has 0 saturated carbocycles. The average Bonchev–Trinajstić information content (AvgIpc) is 2.53. The van der Waals surface area contributed by atoms with Crippen LogP contribution in [0.25, 0.3) is 0 Å². The predicted octanol–water partition coefficient (Wildman–Crippen LogP) is 3.25. The molecule has 0 unspecified atom stereocenters. The molecule has 0 bridgehead atoms. The molecule has 126 valence electrons. The maximum Gasteiger partial charge on any atom is 0.243 e. The molecule has 0 aliphatic heterocycles. The second kappa shape index (κ2) is 7.77. The van der Waals surface area contributed by atoms with Gasteiger partial charge in [0.1, 0.15) is 0 Å². The van der Waals surface area contributed by atoms with E-state index in [0.717, 1.165) is 27.9 Å². The molecule has 2 aromatic carbocycles. The summed E-state index contributed by atoms with van der Waals surface area (Å²) >= 11 is 0. The van der Waals surface area contributed by atoms with Crippen LogP contribution in [0.1, 0.15) is 22.3 Å². The highest BCUT2D eigenvalue weighted by Crippen LogP contribution is 2.16. The summed E-state index contributed by atoms with van der Waals surface area (Å²) in [4.78, 5) is 25.9. The molecule has 0 aliphatic carbocycles. The van der Waals surface area contributed by atoms with Crippen LogP contribution in [0.3, 0.4) is 0 Å². The van der Waals surface area contributed by atoms with Gasteiger partial charge in [-0.2, -0.15) is 0 Å². The number of carbonyl (C=O) groups excluding carboxylic acids is 2. The van der Waals surface area contributed by atoms with Gasteiger partial charge in [0, 0.05) is 12.7 Å². The van der Waals surface area contributed by atoms with Gasteiger partial charge in [-0.15, -0.1) is 0 Å². The minimum absolute atomic E-state index is 0.0398. The highest BCUT2D eigenvalue weighted by atomic mass is 16.2. The van der Waals surface area contributed by atoms with Crippen molar-refractivity contribution < 1.29 is 9.59 Å². The highest BCUT2D eigenvalue weighted by Gasteiger charge is 2.14. The van der Waals surface area contributed by atoms with Crippen LogP contribution in [0.2, 0.25) is 0 Å². The summed E-state index contributed by atoms with van der Waals surface area (Å²) < 4.78 is 0. The van der Waals surface area contributed by atoms with Crippen molar-refractivity contribution in [3.8, 4) is 0 Å². The van der Waals surface area contributed by atoms with Crippen LogP contribution in [0.4, 0.5) is 5.69 Å². The average molecular weight is 324 g/mol. The maximum absolute atomic E-state index is 12.3. The summed E-state index contributed by atoms with van der Waals surface area (Å²) in [6, 6.07) is 13.8. The van der Waals surface area contributed by atoms with Crippen LogP contribution in [-0.2, 0) is 16.0 Å². The molecule has 4 nitrogen and oxygen atoms in total. The van der Waals surface area contributed by atoms with Crippen LogP contribution in [0.5, 0.6) is 0 Å².